The van der Waals surface area contributed by atoms with Crippen LogP contribution in [0, 0.1) is 13.8 Å². The van der Waals surface area contributed by atoms with Crippen molar-refractivity contribution >= 4 is 34.6 Å². The molecule has 8 heteroatoms. The summed E-state index contributed by atoms with van der Waals surface area (Å²) in [6.07, 6.45) is 1.81. The molecule has 0 saturated carbocycles. The van der Waals surface area contributed by atoms with Crippen LogP contribution >= 0.6 is 12.2 Å². The van der Waals surface area contributed by atoms with E-state index < -0.39 is 0 Å². The lowest BCUT2D eigenvalue weighted by Gasteiger charge is -2.29. The summed E-state index contributed by atoms with van der Waals surface area (Å²) in [4.78, 5) is 18.7. The first kappa shape index (κ1) is 25.5. The van der Waals surface area contributed by atoms with Crippen LogP contribution in [0.5, 0.6) is 5.75 Å². The molecule has 2 unspecified atom stereocenters. The number of ether oxygens (including phenoxy) is 1. The Morgan fingerprint density at radius 1 is 1.08 bits per heavy atom. The van der Waals surface area contributed by atoms with Gasteiger partial charge in [0.25, 0.3) is 0 Å². The molecule has 0 bridgehead atoms. The van der Waals surface area contributed by atoms with Crippen LogP contribution in [0.1, 0.15) is 47.2 Å². The Morgan fingerprint density at radius 2 is 1.84 bits per heavy atom. The van der Waals surface area contributed by atoms with Crippen LogP contribution in [0.2, 0.25) is 0 Å². The zero-order valence-electron chi connectivity index (χ0n) is 21.9. The molecular weight excluding hydrogens is 494 g/mol. The Hall–Kier alpha value is -4.17. The SMILES string of the molecule is COc1ccc(N2C(=S)NC(c3ccccn3)C2c2cc(C)n(Cc3ccccc3)c2C)cc1NC(C)=O. The number of carbonyl (C=O) groups is 1. The largest absolute Gasteiger partial charge is 0.495 e. The fourth-order valence-corrected chi connectivity index (χ4v) is 5.56. The van der Waals surface area contributed by atoms with Crippen LogP contribution in [0.4, 0.5) is 11.4 Å². The summed E-state index contributed by atoms with van der Waals surface area (Å²) < 4.78 is 7.84. The molecule has 1 amide bonds. The number of hydrogen-bond donors (Lipinski definition) is 2. The van der Waals surface area contributed by atoms with Gasteiger partial charge in [0, 0.05) is 36.7 Å². The minimum atomic E-state index is -0.171. The maximum atomic E-state index is 11.9. The second-order valence-electron chi connectivity index (χ2n) is 9.46. The van der Waals surface area contributed by atoms with E-state index in [0.717, 1.165) is 17.9 Å². The Bertz CT molecular complexity index is 1470. The standard InChI is InChI=1S/C30H31N5O2S/c1-19-16-24(20(2)34(19)18-22-10-6-5-7-11-22)29-28(25-12-8-9-15-31-25)33-30(38)35(29)23-13-14-27(37-4)26(17-23)32-21(3)36/h5-17,28-29H,18H2,1-4H3,(H,32,36)(H,33,38). The Labute approximate surface area is 228 Å². The average molecular weight is 526 g/mol. The van der Waals surface area contributed by atoms with Gasteiger partial charge in [0.15, 0.2) is 5.11 Å². The lowest BCUT2D eigenvalue weighted by molar-refractivity contribution is -0.114. The predicted octanol–water partition coefficient (Wildman–Crippen LogP) is 5.69. The molecule has 1 aliphatic rings. The summed E-state index contributed by atoms with van der Waals surface area (Å²) in [6, 6.07) is 24.1. The molecule has 0 radical (unpaired) electrons. The highest BCUT2D eigenvalue weighted by Gasteiger charge is 2.42. The molecule has 5 rings (SSSR count). The van der Waals surface area contributed by atoms with Gasteiger partial charge >= 0.3 is 0 Å². The summed E-state index contributed by atoms with van der Waals surface area (Å²) in [5.74, 6) is 0.413. The van der Waals surface area contributed by atoms with E-state index >= 15 is 0 Å². The maximum Gasteiger partial charge on any atom is 0.221 e. The summed E-state index contributed by atoms with van der Waals surface area (Å²) in [6.45, 7) is 6.57. The van der Waals surface area contributed by atoms with Gasteiger partial charge in [-0.3, -0.25) is 9.78 Å². The number of thiocarbonyl (C=S) groups is 1. The third-order valence-corrected chi connectivity index (χ3v) is 7.30. The van der Waals surface area contributed by atoms with E-state index in [1.807, 2.05) is 42.5 Å². The van der Waals surface area contributed by atoms with E-state index in [-0.39, 0.29) is 18.0 Å². The van der Waals surface area contributed by atoms with Crippen molar-refractivity contribution in [1.82, 2.24) is 14.9 Å². The quantitative estimate of drug-likeness (QED) is 0.302. The minimum absolute atomic E-state index is 0.160. The first-order valence-electron chi connectivity index (χ1n) is 12.5. The fourth-order valence-electron chi connectivity index (χ4n) is 5.22. The predicted molar refractivity (Wildman–Crippen MR) is 155 cm³/mol. The number of hydrogen-bond acceptors (Lipinski definition) is 4. The van der Waals surface area contributed by atoms with Gasteiger partial charge < -0.3 is 24.8 Å². The van der Waals surface area contributed by atoms with Crippen LogP contribution in [-0.2, 0) is 11.3 Å². The molecule has 2 atom stereocenters. The maximum absolute atomic E-state index is 11.9. The molecule has 1 aliphatic heterocycles. The van der Waals surface area contributed by atoms with E-state index in [2.05, 4.69) is 69.3 Å². The molecule has 2 aromatic carbocycles. The normalized spacial score (nSPS) is 16.8. The topological polar surface area (TPSA) is 71.4 Å². The van der Waals surface area contributed by atoms with Gasteiger partial charge in [-0.15, -0.1) is 0 Å². The van der Waals surface area contributed by atoms with Gasteiger partial charge in [0.1, 0.15) is 5.75 Å². The number of anilines is 2. The number of amides is 1. The van der Waals surface area contributed by atoms with Crippen molar-refractivity contribution in [3.8, 4) is 5.75 Å². The second-order valence-corrected chi connectivity index (χ2v) is 9.85. The summed E-state index contributed by atoms with van der Waals surface area (Å²) >= 11 is 5.92. The van der Waals surface area contributed by atoms with Crippen LogP contribution in [0.25, 0.3) is 0 Å². The second kappa shape index (κ2) is 10.7. The molecule has 38 heavy (non-hydrogen) atoms. The molecule has 4 aromatic rings. The van der Waals surface area contributed by atoms with E-state index in [1.165, 1.54) is 29.4 Å². The number of nitrogens with one attached hydrogen (secondary N) is 2. The summed E-state index contributed by atoms with van der Waals surface area (Å²) in [5.41, 5.74) is 7.11. The van der Waals surface area contributed by atoms with Gasteiger partial charge in [0.05, 0.1) is 30.6 Å². The highest BCUT2D eigenvalue weighted by Crippen LogP contribution is 2.44. The highest BCUT2D eigenvalue weighted by atomic mass is 32.1. The van der Waals surface area contributed by atoms with E-state index in [9.17, 15) is 4.79 Å². The average Bonchev–Trinajstić information content (AvgIpc) is 3.40. The molecule has 2 aromatic heterocycles. The van der Waals surface area contributed by atoms with E-state index in [1.54, 1.807) is 13.3 Å². The van der Waals surface area contributed by atoms with Gasteiger partial charge in [0.2, 0.25) is 5.91 Å². The molecule has 0 aliphatic carbocycles. The number of benzene rings is 2. The summed E-state index contributed by atoms with van der Waals surface area (Å²) in [7, 11) is 1.59. The smallest absolute Gasteiger partial charge is 0.221 e. The van der Waals surface area contributed by atoms with Crippen LogP contribution < -0.4 is 20.3 Å². The molecule has 0 spiro atoms. The highest BCUT2D eigenvalue weighted by molar-refractivity contribution is 7.80. The number of pyridine rings is 1. The first-order valence-corrected chi connectivity index (χ1v) is 12.9. The number of nitrogens with zero attached hydrogens (tertiary/aromatic N) is 3. The van der Waals surface area contributed by atoms with E-state index in [4.69, 9.17) is 17.0 Å². The molecule has 3 heterocycles. The van der Waals surface area contributed by atoms with Crippen molar-refractivity contribution in [3.05, 3.63) is 107 Å². The van der Waals surface area contributed by atoms with Crippen LogP contribution in [0.15, 0.2) is 79.0 Å². The Morgan fingerprint density at radius 3 is 2.53 bits per heavy atom. The zero-order valence-corrected chi connectivity index (χ0v) is 22.8. The molecule has 194 valence electrons. The monoisotopic (exact) mass is 525 g/mol. The van der Waals surface area contributed by atoms with Crippen molar-refractivity contribution in [1.29, 1.82) is 0 Å². The third-order valence-electron chi connectivity index (χ3n) is 6.98. The zero-order chi connectivity index (χ0) is 26.8. The molecule has 1 fully saturated rings. The number of aromatic nitrogens is 2. The summed E-state index contributed by atoms with van der Waals surface area (Å²) in [5, 5.41) is 7.01. The Kier molecular flexibility index (Phi) is 7.15. The molecule has 1 saturated heterocycles. The van der Waals surface area contributed by atoms with Crippen molar-refractivity contribution in [2.75, 3.05) is 17.3 Å². The van der Waals surface area contributed by atoms with Crippen molar-refractivity contribution < 1.29 is 9.53 Å². The van der Waals surface area contributed by atoms with Gasteiger partial charge in [-0.05, 0) is 73.6 Å². The van der Waals surface area contributed by atoms with Crippen molar-refractivity contribution in [3.63, 3.8) is 0 Å². The lowest BCUT2D eigenvalue weighted by atomic mass is 9.96. The van der Waals surface area contributed by atoms with E-state index in [0.29, 0.717) is 16.5 Å². The Balaban J connectivity index is 1.63. The lowest BCUT2D eigenvalue weighted by Crippen LogP contribution is -2.29. The fraction of sp³-hybridized carbons (Fsp3) is 0.233. The molecule has 2 N–H and O–H groups in total. The van der Waals surface area contributed by atoms with Crippen molar-refractivity contribution in [2.24, 2.45) is 0 Å². The molecule has 7 nitrogen and oxygen atoms in total. The van der Waals surface area contributed by atoms with Crippen LogP contribution in [0.3, 0.4) is 0 Å². The van der Waals surface area contributed by atoms with Gasteiger partial charge in [-0.2, -0.15) is 0 Å². The third kappa shape index (κ3) is 4.87. The van der Waals surface area contributed by atoms with Crippen LogP contribution in [-0.4, -0.2) is 27.7 Å². The molecular formula is C30H31N5O2S. The van der Waals surface area contributed by atoms with Crippen molar-refractivity contribution in [2.45, 2.75) is 39.4 Å². The number of aryl methyl sites for hydroxylation is 1. The number of carbonyl (C=O) groups excluding carboxylic acids is 1. The minimum Gasteiger partial charge on any atom is -0.495 e. The number of methoxy groups -OCH3 is 1. The number of rotatable bonds is 7. The van der Waals surface area contributed by atoms with Gasteiger partial charge in [-0.1, -0.05) is 36.4 Å². The first-order chi connectivity index (χ1) is 18.4. The van der Waals surface area contributed by atoms with Gasteiger partial charge in [-0.25, -0.2) is 0 Å².